The number of amides is 2. The Labute approximate surface area is 142 Å². The molecule has 0 aliphatic carbocycles. The number of unbranched alkanes of at least 4 members (excludes halogenated alkanes) is 2. The van der Waals surface area contributed by atoms with E-state index in [9.17, 15) is 9.59 Å². The van der Waals surface area contributed by atoms with Crippen LogP contribution in [-0.2, 0) is 0 Å². The van der Waals surface area contributed by atoms with Crippen molar-refractivity contribution in [1.82, 2.24) is 5.32 Å². The van der Waals surface area contributed by atoms with Gasteiger partial charge in [-0.2, -0.15) is 0 Å². The maximum atomic E-state index is 12.2. The maximum absolute atomic E-state index is 12.2. The minimum absolute atomic E-state index is 0.0945. The predicted molar refractivity (Wildman–Crippen MR) is 94.2 cm³/mol. The van der Waals surface area contributed by atoms with Crippen molar-refractivity contribution in [3.05, 3.63) is 54.0 Å². The normalized spacial score (nSPS) is 11.8. The van der Waals surface area contributed by atoms with Crippen molar-refractivity contribution < 1.29 is 14.0 Å². The molecule has 0 fully saturated rings. The fourth-order valence-corrected chi connectivity index (χ4v) is 2.39. The van der Waals surface area contributed by atoms with Crippen LogP contribution in [0.2, 0.25) is 0 Å². The van der Waals surface area contributed by atoms with Crippen LogP contribution in [0, 0.1) is 0 Å². The predicted octanol–water partition coefficient (Wildman–Crippen LogP) is 4.23. The number of carbonyl (C=O) groups is 2. The van der Waals surface area contributed by atoms with E-state index in [-0.39, 0.29) is 23.6 Å². The first-order valence-corrected chi connectivity index (χ1v) is 8.36. The van der Waals surface area contributed by atoms with E-state index in [4.69, 9.17) is 4.42 Å². The molecule has 0 aliphatic heterocycles. The van der Waals surface area contributed by atoms with Crippen LogP contribution in [0.25, 0.3) is 0 Å². The summed E-state index contributed by atoms with van der Waals surface area (Å²) >= 11 is 0. The summed E-state index contributed by atoms with van der Waals surface area (Å²) in [6.07, 6.45) is 5.91. The zero-order chi connectivity index (χ0) is 17.4. The molecule has 24 heavy (non-hydrogen) atoms. The Kier molecular flexibility index (Phi) is 6.61. The van der Waals surface area contributed by atoms with Crippen molar-refractivity contribution in [2.24, 2.45) is 0 Å². The fraction of sp³-hybridized carbons (Fsp3) is 0.368. The summed E-state index contributed by atoms with van der Waals surface area (Å²) in [5, 5.41) is 5.72. The first-order chi connectivity index (χ1) is 11.6. The van der Waals surface area contributed by atoms with Gasteiger partial charge in [-0.05, 0) is 49.7 Å². The number of anilines is 1. The molecule has 5 nitrogen and oxygen atoms in total. The van der Waals surface area contributed by atoms with Crippen molar-refractivity contribution in [3.8, 4) is 0 Å². The number of benzene rings is 1. The number of carbonyl (C=O) groups excluding carboxylic acids is 2. The highest BCUT2D eigenvalue weighted by molar-refractivity contribution is 6.02. The molecule has 0 saturated heterocycles. The maximum Gasteiger partial charge on any atom is 0.291 e. The van der Waals surface area contributed by atoms with Crippen LogP contribution in [0.15, 0.2) is 47.1 Å². The molecule has 5 heteroatoms. The number of rotatable bonds is 8. The third kappa shape index (κ3) is 5.26. The molecule has 0 spiro atoms. The monoisotopic (exact) mass is 328 g/mol. The summed E-state index contributed by atoms with van der Waals surface area (Å²) in [7, 11) is 0. The molecule has 0 bridgehead atoms. The van der Waals surface area contributed by atoms with Gasteiger partial charge in [-0.25, -0.2) is 0 Å². The molecule has 1 unspecified atom stereocenters. The number of hydrogen-bond donors (Lipinski definition) is 2. The van der Waals surface area contributed by atoms with Crippen LogP contribution in [0.5, 0.6) is 0 Å². The molecule has 1 atom stereocenters. The zero-order valence-corrected chi connectivity index (χ0v) is 14.2. The molecule has 1 aromatic heterocycles. The van der Waals surface area contributed by atoms with Gasteiger partial charge in [-0.1, -0.05) is 26.2 Å². The minimum atomic E-state index is -0.318. The standard InChI is InChI=1S/C19H24N2O3/c1-3-4-5-7-14(2)20-18(22)15-9-11-16(12-10-15)21-19(23)17-8-6-13-24-17/h6,8-14H,3-5,7H2,1-2H3,(H,20,22)(H,21,23). The summed E-state index contributed by atoms with van der Waals surface area (Å²) in [6.45, 7) is 4.18. The van der Waals surface area contributed by atoms with Crippen molar-refractivity contribution in [2.75, 3.05) is 5.32 Å². The van der Waals surface area contributed by atoms with Gasteiger partial charge in [-0.3, -0.25) is 9.59 Å². The van der Waals surface area contributed by atoms with Crippen LogP contribution in [0.4, 0.5) is 5.69 Å². The van der Waals surface area contributed by atoms with Gasteiger partial charge in [0.2, 0.25) is 0 Å². The highest BCUT2D eigenvalue weighted by atomic mass is 16.3. The average Bonchev–Trinajstić information content (AvgIpc) is 3.10. The zero-order valence-electron chi connectivity index (χ0n) is 14.2. The van der Waals surface area contributed by atoms with Gasteiger partial charge in [0.15, 0.2) is 5.76 Å². The second-order valence-electron chi connectivity index (χ2n) is 5.88. The van der Waals surface area contributed by atoms with Crippen molar-refractivity contribution in [3.63, 3.8) is 0 Å². The van der Waals surface area contributed by atoms with Gasteiger partial charge in [0.05, 0.1) is 6.26 Å². The summed E-state index contributed by atoms with van der Waals surface area (Å²) in [5.41, 5.74) is 1.19. The summed E-state index contributed by atoms with van der Waals surface area (Å²) in [4.78, 5) is 24.1. The lowest BCUT2D eigenvalue weighted by atomic mass is 10.1. The van der Waals surface area contributed by atoms with Crippen LogP contribution < -0.4 is 10.6 Å². The second kappa shape index (κ2) is 8.91. The van der Waals surface area contributed by atoms with E-state index in [1.807, 2.05) is 6.92 Å². The molecule has 2 amide bonds. The van der Waals surface area contributed by atoms with E-state index in [0.29, 0.717) is 11.3 Å². The number of furan rings is 1. The van der Waals surface area contributed by atoms with Gasteiger partial charge < -0.3 is 15.1 Å². The quantitative estimate of drug-likeness (QED) is 0.712. The Bertz CT molecular complexity index is 648. The largest absolute Gasteiger partial charge is 0.459 e. The van der Waals surface area contributed by atoms with Gasteiger partial charge in [0, 0.05) is 17.3 Å². The van der Waals surface area contributed by atoms with E-state index in [1.54, 1.807) is 36.4 Å². The summed E-state index contributed by atoms with van der Waals surface area (Å²) in [6, 6.07) is 10.2. The summed E-state index contributed by atoms with van der Waals surface area (Å²) in [5.74, 6) is -0.164. The number of nitrogens with one attached hydrogen (secondary N) is 2. The second-order valence-corrected chi connectivity index (χ2v) is 5.88. The van der Waals surface area contributed by atoms with Crippen LogP contribution in [-0.4, -0.2) is 17.9 Å². The molecule has 0 radical (unpaired) electrons. The first-order valence-electron chi connectivity index (χ1n) is 8.36. The first kappa shape index (κ1) is 17.8. The highest BCUT2D eigenvalue weighted by Gasteiger charge is 2.11. The molecule has 0 saturated carbocycles. The highest BCUT2D eigenvalue weighted by Crippen LogP contribution is 2.12. The molecular weight excluding hydrogens is 304 g/mol. The van der Waals surface area contributed by atoms with E-state index in [1.165, 1.54) is 19.1 Å². The third-order valence-corrected chi connectivity index (χ3v) is 3.77. The average molecular weight is 328 g/mol. The summed E-state index contributed by atoms with van der Waals surface area (Å²) < 4.78 is 5.04. The number of hydrogen-bond acceptors (Lipinski definition) is 3. The van der Waals surface area contributed by atoms with E-state index < -0.39 is 0 Å². The van der Waals surface area contributed by atoms with Crippen LogP contribution in [0.1, 0.15) is 60.4 Å². The Morgan fingerprint density at radius 1 is 1.08 bits per heavy atom. The molecule has 2 aromatic rings. The molecule has 1 heterocycles. The molecule has 128 valence electrons. The molecule has 1 aromatic carbocycles. The SMILES string of the molecule is CCCCCC(C)NC(=O)c1ccc(NC(=O)c2ccco2)cc1. The van der Waals surface area contributed by atoms with Crippen molar-refractivity contribution in [1.29, 1.82) is 0 Å². The molecule has 2 N–H and O–H groups in total. The van der Waals surface area contributed by atoms with Crippen molar-refractivity contribution >= 4 is 17.5 Å². The van der Waals surface area contributed by atoms with Gasteiger partial charge >= 0.3 is 0 Å². The van der Waals surface area contributed by atoms with E-state index in [2.05, 4.69) is 17.6 Å². The Morgan fingerprint density at radius 2 is 1.83 bits per heavy atom. The van der Waals surface area contributed by atoms with Gasteiger partial charge in [-0.15, -0.1) is 0 Å². The smallest absolute Gasteiger partial charge is 0.291 e. The van der Waals surface area contributed by atoms with Gasteiger partial charge in [0.1, 0.15) is 0 Å². The Balaban J connectivity index is 1.86. The lowest BCUT2D eigenvalue weighted by molar-refractivity contribution is 0.0937. The van der Waals surface area contributed by atoms with Crippen LogP contribution >= 0.6 is 0 Å². The van der Waals surface area contributed by atoms with Crippen molar-refractivity contribution in [2.45, 2.75) is 45.6 Å². The Morgan fingerprint density at radius 3 is 2.46 bits per heavy atom. The Hall–Kier alpha value is -2.56. The van der Waals surface area contributed by atoms with Crippen LogP contribution in [0.3, 0.4) is 0 Å². The molecule has 2 rings (SSSR count). The lowest BCUT2D eigenvalue weighted by Crippen LogP contribution is -2.32. The third-order valence-electron chi connectivity index (χ3n) is 3.77. The van der Waals surface area contributed by atoms with Gasteiger partial charge in [0.25, 0.3) is 11.8 Å². The molecule has 0 aliphatic rings. The minimum Gasteiger partial charge on any atom is -0.459 e. The van der Waals surface area contributed by atoms with E-state index in [0.717, 1.165) is 12.8 Å². The lowest BCUT2D eigenvalue weighted by Gasteiger charge is -2.14. The molecular formula is C19H24N2O3. The fourth-order valence-electron chi connectivity index (χ4n) is 2.39. The topological polar surface area (TPSA) is 71.3 Å². The van der Waals surface area contributed by atoms with E-state index >= 15 is 0 Å².